The summed E-state index contributed by atoms with van der Waals surface area (Å²) in [5.41, 5.74) is 0. The van der Waals surface area contributed by atoms with Crippen molar-refractivity contribution in [1.82, 2.24) is 0 Å². The summed E-state index contributed by atoms with van der Waals surface area (Å²) in [5.74, 6) is 0.229. The fraction of sp³-hybridized carbons (Fsp3) is 1.00. The van der Waals surface area contributed by atoms with Crippen molar-refractivity contribution in [3.63, 3.8) is 0 Å². The molecule has 0 heterocycles. The minimum atomic E-state index is -0.784. The Morgan fingerprint density at radius 1 is 1.25 bits per heavy atom. The maximum atomic E-state index is 10.0. The zero-order valence-electron chi connectivity index (χ0n) is 4.24. The van der Waals surface area contributed by atoms with Gasteiger partial charge in [0.25, 0.3) is 0 Å². The van der Waals surface area contributed by atoms with E-state index in [1.165, 1.54) is 0 Å². The Balaban J connectivity index is -0.000000125. The molecule has 0 aliphatic rings. The van der Waals surface area contributed by atoms with Crippen LogP contribution in [0.25, 0.3) is 0 Å². The van der Waals surface area contributed by atoms with Gasteiger partial charge in [0.15, 0.2) is 0 Å². The first-order chi connectivity index (χ1) is 2.81. The van der Waals surface area contributed by atoms with Crippen LogP contribution in [-0.4, -0.2) is 40.9 Å². The van der Waals surface area contributed by atoms with Crippen LogP contribution in [0.2, 0.25) is 0 Å². The summed E-state index contributed by atoms with van der Waals surface area (Å²) in [6.07, 6.45) is -0.784. The molecular formula is C3H5Cl3MgO. The Morgan fingerprint density at radius 2 is 1.50 bits per heavy atom. The Kier molecular flexibility index (Phi) is 23.2. The standard InChI is InChI=1S/C3H5Cl2O.ClH.Mg/c4-1-3(6)2-5;;/h3H,1-2H2;1H;/q-1;;+2/p-1. The quantitative estimate of drug-likeness (QED) is 0.330. The van der Waals surface area contributed by atoms with E-state index in [9.17, 15) is 5.11 Å². The molecule has 0 unspecified atom stereocenters. The molecule has 0 rings (SSSR count). The van der Waals surface area contributed by atoms with Crippen molar-refractivity contribution in [3.05, 3.63) is 0 Å². The molecule has 0 saturated carbocycles. The summed E-state index contributed by atoms with van der Waals surface area (Å²) in [4.78, 5) is 0. The minimum absolute atomic E-state index is 0. The SMILES string of the molecule is [Cl-].[Mg+2].[O-]C(CCl)CCl. The topological polar surface area (TPSA) is 23.1 Å². The fourth-order valence-electron chi connectivity index (χ4n) is 0.0412. The molecule has 0 atom stereocenters. The predicted octanol–water partition coefficient (Wildman–Crippen LogP) is -3.18. The van der Waals surface area contributed by atoms with Crippen molar-refractivity contribution >= 4 is 46.3 Å². The summed E-state index contributed by atoms with van der Waals surface area (Å²) in [7, 11) is 0. The van der Waals surface area contributed by atoms with Crippen LogP contribution in [0.5, 0.6) is 0 Å². The Morgan fingerprint density at radius 3 is 1.50 bits per heavy atom. The van der Waals surface area contributed by atoms with Crippen molar-refractivity contribution in [2.24, 2.45) is 0 Å². The number of alkyl halides is 2. The zero-order valence-corrected chi connectivity index (χ0v) is 7.92. The van der Waals surface area contributed by atoms with Crippen LogP contribution in [-0.2, 0) is 0 Å². The van der Waals surface area contributed by atoms with Crippen LogP contribution in [0.3, 0.4) is 0 Å². The van der Waals surface area contributed by atoms with Crippen LogP contribution in [0.4, 0.5) is 0 Å². The first-order valence-electron chi connectivity index (χ1n) is 1.59. The monoisotopic (exact) mass is 186 g/mol. The molecule has 0 saturated heterocycles. The maximum absolute atomic E-state index is 10.0. The Hall–Kier alpha value is 1.60. The van der Waals surface area contributed by atoms with E-state index in [0.29, 0.717) is 0 Å². The zero-order chi connectivity index (χ0) is 4.99. The average molecular weight is 188 g/mol. The average Bonchev–Trinajstić information content (AvgIpc) is 1.65. The second-order valence-corrected chi connectivity index (χ2v) is 1.55. The largest absolute Gasteiger partial charge is 2.00 e. The van der Waals surface area contributed by atoms with Crippen molar-refractivity contribution in [1.29, 1.82) is 0 Å². The van der Waals surface area contributed by atoms with Crippen molar-refractivity contribution in [3.8, 4) is 0 Å². The second-order valence-electron chi connectivity index (χ2n) is 0.931. The first kappa shape index (κ1) is 16.3. The van der Waals surface area contributed by atoms with Gasteiger partial charge in [-0.05, 0) is 0 Å². The van der Waals surface area contributed by atoms with Crippen LogP contribution in [0, 0.1) is 0 Å². The van der Waals surface area contributed by atoms with E-state index in [0.717, 1.165) is 0 Å². The first-order valence-corrected chi connectivity index (χ1v) is 2.66. The van der Waals surface area contributed by atoms with Gasteiger partial charge in [-0.25, -0.2) is 0 Å². The van der Waals surface area contributed by atoms with Gasteiger partial charge in [0.1, 0.15) is 0 Å². The normalized spacial score (nSPS) is 7.50. The van der Waals surface area contributed by atoms with E-state index < -0.39 is 6.10 Å². The molecule has 0 radical (unpaired) electrons. The molecule has 0 N–H and O–H groups in total. The minimum Gasteiger partial charge on any atom is -1.00 e. The van der Waals surface area contributed by atoms with Gasteiger partial charge in [-0.2, -0.15) is 0 Å². The predicted molar refractivity (Wildman–Crippen MR) is 31.0 cm³/mol. The molecule has 0 aromatic rings. The summed E-state index contributed by atoms with van der Waals surface area (Å²) in [5, 5.41) is 10.0. The van der Waals surface area contributed by atoms with Crippen LogP contribution < -0.4 is 17.5 Å². The smallest absolute Gasteiger partial charge is 1.00 e. The van der Waals surface area contributed by atoms with Gasteiger partial charge in [-0.3, -0.25) is 0 Å². The second kappa shape index (κ2) is 11.4. The third-order valence-corrected chi connectivity index (χ3v) is 1.03. The molecule has 0 amide bonds. The molecule has 0 aliphatic heterocycles. The van der Waals surface area contributed by atoms with Crippen molar-refractivity contribution < 1.29 is 17.5 Å². The molecule has 0 aromatic carbocycles. The van der Waals surface area contributed by atoms with Gasteiger partial charge in [0.05, 0.1) is 0 Å². The molecule has 0 aliphatic carbocycles. The fourth-order valence-corrected chi connectivity index (χ4v) is 0.371. The summed E-state index contributed by atoms with van der Waals surface area (Å²) < 4.78 is 0. The van der Waals surface area contributed by atoms with E-state index in [-0.39, 0.29) is 47.2 Å². The molecule has 5 heteroatoms. The molecule has 0 aromatic heterocycles. The van der Waals surface area contributed by atoms with Crippen LogP contribution in [0.15, 0.2) is 0 Å². The number of rotatable bonds is 2. The van der Waals surface area contributed by atoms with Gasteiger partial charge < -0.3 is 17.5 Å². The molecule has 0 bridgehead atoms. The van der Waals surface area contributed by atoms with E-state index in [1.807, 2.05) is 0 Å². The van der Waals surface area contributed by atoms with Crippen LogP contribution in [0.1, 0.15) is 0 Å². The van der Waals surface area contributed by atoms with Gasteiger partial charge in [-0.15, -0.1) is 23.2 Å². The molecule has 8 heavy (non-hydrogen) atoms. The maximum Gasteiger partial charge on any atom is 2.00 e. The summed E-state index contributed by atoms with van der Waals surface area (Å²) in [6.45, 7) is 0. The Bertz CT molecular complexity index is 33.7. The molecule has 1 nitrogen and oxygen atoms in total. The number of hydrogen-bond donors (Lipinski definition) is 0. The van der Waals surface area contributed by atoms with Gasteiger partial charge in [-0.1, -0.05) is 6.10 Å². The summed E-state index contributed by atoms with van der Waals surface area (Å²) >= 11 is 10.1. The van der Waals surface area contributed by atoms with Crippen molar-refractivity contribution in [2.75, 3.05) is 11.8 Å². The van der Waals surface area contributed by atoms with E-state index >= 15 is 0 Å². The number of halogens is 3. The molecule has 0 spiro atoms. The van der Waals surface area contributed by atoms with E-state index in [2.05, 4.69) is 0 Å². The van der Waals surface area contributed by atoms with Gasteiger partial charge in [0.2, 0.25) is 0 Å². The third kappa shape index (κ3) is 10.6. The van der Waals surface area contributed by atoms with Gasteiger partial charge in [0, 0.05) is 11.8 Å². The van der Waals surface area contributed by atoms with Crippen molar-refractivity contribution in [2.45, 2.75) is 6.10 Å². The van der Waals surface area contributed by atoms with E-state index in [1.54, 1.807) is 0 Å². The van der Waals surface area contributed by atoms with Gasteiger partial charge >= 0.3 is 23.1 Å². The summed E-state index contributed by atoms with van der Waals surface area (Å²) in [6, 6.07) is 0. The number of hydrogen-bond acceptors (Lipinski definition) is 1. The molecule has 46 valence electrons. The molecular weight excluding hydrogens is 183 g/mol. The third-order valence-electron chi connectivity index (χ3n) is 0.344. The van der Waals surface area contributed by atoms with Crippen LogP contribution >= 0.6 is 23.2 Å². The molecule has 0 fully saturated rings. The van der Waals surface area contributed by atoms with E-state index in [4.69, 9.17) is 23.2 Å². The Labute approximate surface area is 81.3 Å².